The minimum atomic E-state index is 0.0328. The topological polar surface area (TPSA) is 53.4 Å². The van der Waals surface area contributed by atoms with Gasteiger partial charge in [-0.15, -0.1) is 0 Å². The number of aromatic nitrogens is 2. The Morgan fingerprint density at radius 1 is 1.25 bits per heavy atom. The van der Waals surface area contributed by atoms with Gasteiger partial charge in [-0.3, -0.25) is 14.4 Å². The average Bonchev–Trinajstić information content (AvgIpc) is 2.74. The molecule has 1 aliphatic rings. The molecule has 2 heterocycles. The zero-order valence-corrected chi connectivity index (χ0v) is 15.0. The quantitative estimate of drug-likeness (QED) is 0.908. The molecule has 7 heteroatoms. The Labute approximate surface area is 147 Å². The van der Waals surface area contributed by atoms with Gasteiger partial charge in [-0.2, -0.15) is 5.10 Å². The monoisotopic (exact) mass is 349 g/mol. The Bertz CT molecular complexity index is 729. The number of amides is 1. The number of hydrogen-bond acceptors (Lipinski definition) is 4. The number of carbonyl (C=O) groups excluding carboxylic acids is 1. The molecule has 2 aromatic rings. The van der Waals surface area contributed by atoms with Crippen molar-refractivity contribution in [3.8, 4) is 0 Å². The van der Waals surface area contributed by atoms with Crippen LogP contribution in [0.2, 0.25) is 5.02 Å². The van der Waals surface area contributed by atoms with Crippen molar-refractivity contribution in [1.29, 1.82) is 0 Å². The van der Waals surface area contributed by atoms with E-state index in [4.69, 9.17) is 11.6 Å². The fourth-order valence-corrected chi connectivity index (χ4v) is 3.45. The summed E-state index contributed by atoms with van der Waals surface area (Å²) in [5, 5.41) is 9.06. The van der Waals surface area contributed by atoms with Crippen molar-refractivity contribution in [3.63, 3.8) is 0 Å². The van der Waals surface area contributed by atoms with E-state index in [0.29, 0.717) is 18.1 Å². The summed E-state index contributed by atoms with van der Waals surface area (Å²) in [5.74, 6) is 0.0328. The predicted octanol–water partition coefficient (Wildman–Crippen LogP) is 1.48. The van der Waals surface area contributed by atoms with Crippen LogP contribution in [0.3, 0.4) is 0 Å². The summed E-state index contributed by atoms with van der Waals surface area (Å²) in [7, 11) is 4.01. The van der Waals surface area contributed by atoms with Crippen LogP contribution in [0.4, 0.5) is 0 Å². The van der Waals surface area contributed by atoms with Crippen molar-refractivity contribution in [1.82, 2.24) is 24.9 Å². The van der Waals surface area contributed by atoms with Gasteiger partial charge in [0.15, 0.2) is 0 Å². The predicted molar refractivity (Wildman–Crippen MR) is 96.1 cm³/mol. The number of fused-ring (bicyclic) bond motifs is 1. The smallest absolute Gasteiger partial charge is 0.234 e. The number of rotatable bonds is 4. The minimum absolute atomic E-state index is 0.0328. The van der Waals surface area contributed by atoms with Crippen LogP contribution in [0, 0.1) is 0 Å². The van der Waals surface area contributed by atoms with E-state index in [9.17, 15) is 4.79 Å². The van der Waals surface area contributed by atoms with E-state index in [0.717, 1.165) is 49.2 Å². The Hall–Kier alpha value is -1.63. The van der Waals surface area contributed by atoms with Gasteiger partial charge in [0.2, 0.25) is 5.91 Å². The third-order valence-corrected chi connectivity index (χ3v) is 4.85. The fourth-order valence-electron chi connectivity index (χ4n) is 3.18. The second kappa shape index (κ2) is 7.51. The summed E-state index contributed by atoms with van der Waals surface area (Å²) in [6, 6.07) is 5.74. The van der Waals surface area contributed by atoms with E-state index in [-0.39, 0.29) is 5.91 Å². The number of benzene rings is 1. The van der Waals surface area contributed by atoms with Crippen LogP contribution in [0.1, 0.15) is 12.1 Å². The van der Waals surface area contributed by atoms with Gasteiger partial charge in [0, 0.05) is 25.5 Å². The molecule has 1 fully saturated rings. The highest BCUT2D eigenvalue weighted by molar-refractivity contribution is 6.35. The molecule has 6 nitrogen and oxygen atoms in total. The van der Waals surface area contributed by atoms with E-state index in [1.807, 2.05) is 25.2 Å². The lowest BCUT2D eigenvalue weighted by Crippen LogP contribution is -2.38. The van der Waals surface area contributed by atoms with Crippen molar-refractivity contribution in [3.05, 3.63) is 28.9 Å². The van der Waals surface area contributed by atoms with Gasteiger partial charge >= 0.3 is 0 Å². The molecule has 1 saturated heterocycles. The minimum Gasteiger partial charge on any atom is -0.349 e. The molecule has 3 rings (SSSR count). The Morgan fingerprint density at radius 3 is 2.92 bits per heavy atom. The van der Waals surface area contributed by atoms with Crippen molar-refractivity contribution in [2.75, 3.05) is 39.8 Å². The van der Waals surface area contributed by atoms with Crippen LogP contribution >= 0.6 is 11.6 Å². The van der Waals surface area contributed by atoms with Gasteiger partial charge in [0.1, 0.15) is 0 Å². The lowest BCUT2D eigenvalue weighted by atomic mass is 10.2. The van der Waals surface area contributed by atoms with Gasteiger partial charge in [0.25, 0.3) is 0 Å². The van der Waals surface area contributed by atoms with Crippen molar-refractivity contribution < 1.29 is 4.79 Å². The SMILES string of the molecule is CN1CCCN(CC(=O)NCc2nn(C)c3cccc(Cl)c23)CC1. The molecule has 1 N–H and O–H groups in total. The van der Waals surface area contributed by atoms with Gasteiger partial charge in [-0.1, -0.05) is 17.7 Å². The Kier molecular flexibility index (Phi) is 5.38. The second-order valence-corrected chi connectivity index (χ2v) is 6.82. The van der Waals surface area contributed by atoms with Gasteiger partial charge < -0.3 is 10.2 Å². The van der Waals surface area contributed by atoms with E-state index in [1.54, 1.807) is 4.68 Å². The van der Waals surface area contributed by atoms with Crippen LogP contribution in [0.5, 0.6) is 0 Å². The molecule has 1 amide bonds. The van der Waals surface area contributed by atoms with Crippen LogP contribution in [-0.4, -0.2) is 65.3 Å². The molecule has 0 spiro atoms. The van der Waals surface area contributed by atoms with Crippen molar-refractivity contribution in [2.45, 2.75) is 13.0 Å². The molecule has 1 aromatic heterocycles. The molecule has 1 aliphatic heterocycles. The zero-order chi connectivity index (χ0) is 17.1. The maximum Gasteiger partial charge on any atom is 0.234 e. The maximum atomic E-state index is 12.3. The van der Waals surface area contributed by atoms with Crippen molar-refractivity contribution >= 4 is 28.4 Å². The lowest BCUT2D eigenvalue weighted by molar-refractivity contribution is -0.122. The fraction of sp³-hybridized carbons (Fsp3) is 0.529. The molecule has 0 bridgehead atoms. The molecule has 130 valence electrons. The molecule has 0 radical (unpaired) electrons. The maximum absolute atomic E-state index is 12.3. The number of hydrogen-bond donors (Lipinski definition) is 1. The standard InChI is InChI=1S/C17H24ClN5O/c1-21-7-4-8-23(10-9-21)12-16(24)19-11-14-17-13(18)5-3-6-15(17)22(2)20-14/h3,5-6H,4,7-12H2,1-2H3,(H,19,24). The number of likely N-dealkylation sites (N-methyl/N-ethyl adjacent to an activating group) is 1. The number of halogens is 1. The molecule has 24 heavy (non-hydrogen) atoms. The number of carbonyl (C=O) groups is 1. The third kappa shape index (κ3) is 3.88. The molecule has 1 aromatic carbocycles. The summed E-state index contributed by atoms with van der Waals surface area (Å²) in [4.78, 5) is 16.8. The summed E-state index contributed by atoms with van der Waals surface area (Å²) in [6.45, 7) is 4.84. The first kappa shape index (κ1) is 17.2. The summed E-state index contributed by atoms with van der Waals surface area (Å²) in [5.41, 5.74) is 1.78. The molecular weight excluding hydrogens is 326 g/mol. The zero-order valence-electron chi connectivity index (χ0n) is 14.3. The molecular formula is C17H24ClN5O. The third-order valence-electron chi connectivity index (χ3n) is 4.53. The molecule has 0 atom stereocenters. The van der Waals surface area contributed by atoms with Crippen LogP contribution in [-0.2, 0) is 18.4 Å². The Morgan fingerprint density at radius 2 is 2.08 bits per heavy atom. The van der Waals surface area contributed by atoms with E-state index in [1.165, 1.54) is 0 Å². The largest absolute Gasteiger partial charge is 0.349 e. The number of aryl methyl sites for hydroxylation is 1. The van der Waals surface area contributed by atoms with Crippen LogP contribution in [0.25, 0.3) is 10.9 Å². The normalized spacial score (nSPS) is 17.1. The average molecular weight is 350 g/mol. The highest BCUT2D eigenvalue weighted by atomic mass is 35.5. The Balaban J connectivity index is 1.60. The highest BCUT2D eigenvalue weighted by Crippen LogP contribution is 2.26. The number of nitrogens with one attached hydrogen (secondary N) is 1. The second-order valence-electron chi connectivity index (χ2n) is 6.41. The lowest BCUT2D eigenvalue weighted by Gasteiger charge is -2.19. The van der Waals surface area contributed by atoms with Gasteiger partial charge in [-0.25, -0.2) is 0 Å². The highest BCUT2D eigenvalue weighted by Gasteiger charge is 2.16. The summed E-state index contributed by atoms with van der Waals surface area (Å²) >= 11 is 6.30. The molecule has 0 unspecified atom stereocenters. The van der Waals surface area contributed by atoms with E-state index in [2.05, 4.69) is 27.3 Å². The summed E-state index contributed by atoms with van der Waals surface area (Å²) in [6.07, 6.45) is 1.10. The van der Waals surface area contributed by atoms with Gasteiger partial charge in [-0.05, 0) is 38.7 Å². The number of nitrogens with zero attached hydrogens (tertiary/aromatic N) is 4. The van der Waals surface area contributed by atoms with E-state index < -0.39 is 0 Å². The first-order chi connectivity index (χ1) is 11.5. The molecule has 0 aliphatic carbocycles. The summed E-state index contributed by atoms with van der Waals surface area (Å²) < 4.78 is 1.80. The van der Waals surface area contributed by atoms with Crippen LogP contribution in [0.15, 0.2) is 18.2 Å². The first-order valence-corrected chi connectivity index (χ1v) is 8.70. The van der Waals surface area contributed by atoms with Crippen LogP contribution < -0.4 is 5.32 Å². The van der Waals surface area contributed by atoms with Crippen molar-refractivity contribution in [2.24, 2.45) is 7.05 Å². The molecule has 0 saturated carbocycles. The van der Waals surface area contributed by atoms with Gasteiger partial charge in [0.05, 0.1) is 29.3 Å². The first-order valence-electron chi connectivity index (χ1n) is 8.32. The van der Waals surface area contributed by atoms with E-state index >= 15 is 0 Å².